The molecule has 4 atom stereocenters. The molecule has 4 heteroatoms. The van der Waals surface area contributed by atoms with E-state index >= 15 is 0 Å². The van der Waals surface area contributed by atoms with Gasteiger partial charge < -0.3 is 0 Å². The molecule has 1 saturated carbocycles. The molecule has 0 N–H and O–H groups in total. The molecule has 0 aromatic rings. The lowest BCUT2D eigenvalue weighted by molar-refractivity contribution is 0.621. The molecule has 0 spiro atoms. The molecule has 0 aliphatic heterocycles. The van der Waals surface area contributed by atoms with E-state index in [-0.39, 0.29) is 17.8 Å². The molecule has 0 aromatic carbocycles. The number of nitriles is 3. The van der Waals surface area contributed by atoms with Crippen LogP contribution in [0.3, 0.4) is 0 Å². The van der Waals surface area contributed by atoms with Gasteiger partial charge in [-0.2, -0.15) is 15.8 Å². The van der Waals surface area contributed by atoms with Crippen LogP contribution in [0.5, 0.6) is 0 Å². The summed E-state index contributed by atoms with van der Waals surface area (Å²) in [5.41, 5.74) is 0. The van der Waals surface area contributed by atoms with Crippen LogP contribution in [0.15, 0.2) is 0 Å². The van der Waals surface area contributed by atoms with Crippen LogP contribution in [0.2, 0.25) is 0 Å². The second kappa shape index (κ2) is 3.78. The van der Waals surface area contributed by atoms with E-state index in [1.807, 2.05) is 25.1 Å². The zero-order valence-electron chi connectivity index (χ0n) is 7.68. The predicted molar refractivity (Wildman–Crippen MR) is 46.9 cm³/mol. The molecule has 68 valence electrons. The average Bonchev–Trinajstić information content (AvgIpc) is 2.83. The lowest BCUT2D eigenvalue weighted by atomic mass is 10.0. The molecule has 0 heterocycles. The summed E-state index contributed by atoms with van der Waals surface area (Å²) in [5.74, 6) is -0.726. The van der Waals surface area contributed by atoms with E-state index in [1.54, 1.807) is 0 Å². The zero-order valence-corrected chi connectivity index (χ0v) is 7.68. The van der Waals surface area contributed by atoms with Gasteiger partial charge in [-0.1, -0.05) is 6.92 Å². The third-order valence-electron chi connectivity index (χ3n) is 2.82. The molecule has 1 aliphatic rings. The van der Waals surface area contributed by atoms with E-state index in [9.17, 15) is 0 Å². The molecular formula is C10H8N4. The largest absolute Gasteiger partial charge is 0.310 e. The van der Waals surface area contributed by atoms with Crippen LogP contribution >= 0.6 is 0 Å². The third-order valence-corrected chi connectivity index (χ3v) is 2.82. The normalized spacial score (nSPS) is 30.6. The Bertz CT molecular complexity index is 320. The first kappa shape index (κ1) is 10.0. The fourth-order valence-electron chi connectivity index (χ4n) is 1.95. The van der Waals surface area contributed by atoms with Crippen molar-refractivity contribution in [2.45, 2.75) is 13.0 Å². The van der Waals surface area contributed by atoms with Crippen molar-refractivity contribution < 1.29 is 0 Å². The number of nitrogens with zero attached hydrogens (tertiary/aromatic N) is 4. The lowest BCUT2D eigenvalue weighted by Gasteiger charge is -1.95. The van der Waals surface area contributed by atoms with Crippen LogP contribution in [0.1, 0.15) is 6.92 Å². The van der Waals surface area contributed by atoms with Gasteiger partial charge in [0.25, 0.3) is 0 Å². The van der Waals surface area contributed by atoms with Crippen molar-refractivity contribution >= 4 is 0 Å². The summed E-state index contributed by atoms with van der Waals surface area (Å²) < 4.78 is 0. The highest BCUT2D eigenvalue weighted by Gasteiger charge is 2.58. The topological polar surface area (TPSA) is 75.7 Å². The molecular weight excluding hydrogens is 176 g/mol. The first-order chi connectivity index (χ1) is 6.71. The van der Waals surface area contributed by atoms with Gasteiger partial charge >= 0.3 is 6.04 Å². The Morgan fingerprint density at radius 3 is 2.07 bits per heavy atom. The first-order valence-corrected chi connectivity index (χ1v) is 4.26. The molecule has 1 aliphatic carbocycles. The van der Waals surface area contributed by atoms with Crippen molar-refractivity contribution in [1.29, 1.82) is 15.8 Å². The summed E-state index contributed by atoms with van der Waals surface area (Å²) >= 11 is 0. The summed E-state index contributed by atoms with van der Waals surface area (Å²) in [6, 6.07) is 5.02. The minimum atomic E-state index is -0.695. The maximum atomic E-state index is 8.67. The van der Waals surface area contributed by atoms with Crippen molar-refractivity contribution in [3.05, 3.63) is 11.4 Å². The fraction of sp³-hybridized carbons (Fsp3) is 0.600. The van der Waals surface area contributed by atoms with Crippen LogP contribution in [-0.2, 0) is 0 Å². The van der Waals surface area contributed by atoms with E-state index < -0.39 is 12.0 Å². The standard InChI is InChI=1S/C10H8N4/c1-6-9(7(3-11)4-12)10(6)8(5-13)14-2/h6-10H,1H3. The number of rotatable bonds is 2. The molecule has 0 radical (unpaired) electrons. The molecule has 0 aromatic heterocycles. The Labute approximate surface area is 82.8 Å². The monoisotopic (exact) mass is 184 g/mol. The van der Waals surface area contributed by atoms with Crippen LogP contribution in [0, 0.1) is 64.2 Å². The Kier molecular flexibility index (Phi) is 2.71. The van der Waals surface area contributed by atoms with Crippen LogP contribution in [-0.4, -0.2) is 6.04 Å². The van der Waals surface area contributed by atoms with Gasteiger partial charge in [0.2, 0.25) is 0 Å². The molecule has 0 bridgehead atoms. The third kappa shape index (κ3) is 1.39. The van der Waals surface area contributed by atoms with Crippen LogP contribution < -0.4 is 0 Å². The van der Waals surface area contributed by atoms with Crippen molar-refractivity contribution in [3.8, 4) is 18.2 Å². The smallest absolute Gasteiger partial charge is 0.297 e. The van der Waals surface area contributed by atoms with Gasteiger partial charge in [0.05, 0.1) is 18.1 Å². The van der Waals surface area contributed by atoms with E-state index in [4.69, 9.17) is 22.4 Å². The first-order valence-electron chi connectivity index (χ1n) is 4.26. The summed E-state index contributed by atoms with van der Waals surface area (Å²) in [4.78, 5) is 3.19. The van der Waals surface area contributed by atoms with Crippen LogP contribution in [0.25, 0.3) is 4.85 Å². The highest BCUT2D eigenvalue weighted by Crippen LogP contribution is 2.53. The molecule has 1 fully saturated rings. The highest BCUT2D eigenvalue weighted by molar-refractivity contribution is 5.20. The maximum absolute atomic E-state index is 8.67. The van der Waals surface area contributed by atoms with Gasteiger partial charge in [-0.05, 0) is 5.92 Å². The molecule has 1 rings (SSSR count). The van der Waals surface area contributed by atoms with Gasteiger partial charge in [-0.3, -0.25) is 4.85 Å². The number of hydrogen-bond acceptors (Lipinski definition) is 3. The van der Waals surface area contributed by atoms with Crippen LogP contribution in [0.4, 0.5) is 0 Å². The van der Waals surface area contributed by atoms with Gasteiger partial charge in [0.15, 0.2) is 6.07 Å². The molecule has 0 saturated heterocycles. The van der Waals surface area contributed by atoms with Crippen molar-refractivity contribution in [1.82, 2.24) is 0 Å². The Morgan fingerprint density at radius 1 is 1.14 bits per heavy atom. The lowest BCUT2D eigenvalue weighted by Crippen LogP contribution is -2.06. The van der Waals surface area contributed by atoms with Crippen molar-refractivity contribution in [3.63, 3.8) is 0 Å². The Hall–Kier alpha value is -2.04. The quantitative estimate of drug-likeness (QED) is 0.607. The SMILES string of the molecule is [C-]#[N+]C(C#N)C1C(C)C1C(C#N)C#N. The predicted octanol–water partition coefficient (Wildman–Crippen LogP) is 1.34. The maximum Gasteiger partial charge on any atom is 0.310 e. The zero-order chi connectivity index (χ0) is 10.7. The molecule has 14 heavy (non-hydrogen) atoms. The van der Waals surface area contributed by atoms with Gasteiger partial charge in [0.1, 0.15) is 5.92 Å². The van der Waals surface area contributed by atoms with Crippen molar-refractivity contribution in [2.24, 2.45) is 23.7 Å². The molecule has 0 amide bonds. The number of hydrogen-bond donors (Lipinski definition) is 0. The van der Waals surface area contributed by atoms with E-state index in [0.29, 0.717) is 0 Å². The van der Waals surface area contributed by atoms with Crippen molar-refractivity contribution in [2.75, 3.05) is 0 Å². The summed E-state index contributed by atoms with van der Waals surface area (Å²) in [5, 5.41) is 26.0. The second-order valence-electron chi connectivity index (χ2n) is 3.45. The minimum absolute atomic E-state index is 0.0938. The van der Waals surface area contributed by atoms with Gasteiger partial charge in [-0.15, -0.1) is 0 Å². The summed E-state index contributed by atoms with van der Waals surface area (Å²) in [7, 11) is 0. The summed E-state index contributed by atoms with van der Waals surface area (Å²) in [6.07, 6.45) is 0. The Morgan fingerprint density at radius 2 is 1.71 bits per heavy atom. The van der Waals surface area contributed by atoms with E-state index in [0.717, 1.165) is 0 Å². The highest BCUT2D eigenvalue weighted by atomic mass is 14.8. The van der Waals surface area contributed by atoms with E-state index in [1.165, 1.54) is 0 Å². The van der Waals surface area contributed by atoms with E-state index in [2.05, 4.69) is 4.85 Å². The minimum Gasteiger partial charge on any atom is -0.297 e. The van der Waals surface area contributed by atoms with Gasteiger partial charge in [-0.25, -0.2) is 6.57 Å². The molecule has 4 nitrogen and oxygen atoms in total. The van der Waals surface area contributed by atoms with Gasteiger partial charge in [0, 0.05) is 5.92 Å². The summed E-state index contributed by atoms with van der Waals surface area (Å²) in [6.45, 7) is 8.68. The molecule has 4 unspecified atom stereocenters. The Balaban J connectivity index is 2.75. The fourth-order valence-corrected chi connectivity index (χ4v) is 1.95. The second-order valence-corrected chi connectivity index (χ2v) is 3.45. The average molecular weight is 184 g/mol.